The van der Waals surface area contributed by atoms with Gasteiger partial charge in [0.25, 0.3) is 5.91 Å². The number of nitrogens with zero attached hydrogens (tertiary/aromatic N) is 1. The first-order valence-electron chi connectivity index (χ1n) is 5.56. The third kappa shape index (κ3) is 1.41. The Balaban J connectivity index is 2.03. The molecule has 3 nitrogen and oxygen atoms in total. The molecule has 1 aromatic carbocycles. The van der Waals surface area contributed by atoms with Crippen molar-refractivity contribution in [2.24, 2.45) is 0 Å². The van der Waals surface area contributed by atoms with E-state index in [-0.39, 0.29) is 17.8 Å². The van der Waals surface area contributed by atoms with E-state index in [4.69, 9.17) is 0 Å². The van der Waals surface area contributed by atoms with Crippen LogP contribution in [0.5, 0.6) is 0 Å². The Bertz CT molecular complexity index is 447. The zero-order valence-corrected chi connectivity index (χ0v) is 8.87. The first-order valence-corrected chi connectivity index (χ1v) is 5.56. The molecule has 0 spiro atoms. The second-order valence-electron chi connectivity index (χ2n) is 4.36. The van der Waals surface area contributed by atoms with Crippen LogP contribution in [-0.2, 0) is 6.42 Å². The van der Waals surface area contributed by atoms with Gasteiger partial charge in [-0.1, -0.05) is 6.07 Å². The van der Waals surface area contributed by atoms with Gasteiger partial charge in [-0.25, -0.2) is 4.39 Å². The van der Waals surface area contributed by atoms with Crippen LogP contribution in [-0.4, -0.2) is 36.5 Å². The lowest BCUT2D eigenvalue weighted by Crippen LogP contribution is -2.56. The summed E-state index contributed by atoms with van der Waals surface area (Å²) in [6.07, 6.45) is 0.828. The zero-order chi connectivity index (χ0) is 11.1. The van der Waals surface area contributed by atoms with Crippen molar-refractivity contribution in [2.75, 3.05) is 19.6 Å². The number of hydrogen-bond donors (Lipinski definition) is 1. The van der Waals surface area contributed by atoms with E-state index in [1.165, 1.54) is 12.1 Å². The van der Waals surface area contributed by atoms with Crippen LogP contribution < -0.4 is 5.32 Å². The molecule has 1 saturated heterocycles. The number of benzene rings is 1. The number of carbonyl (C=O) groups is 1. The summed E-state index contributed by atoms with van der Waals surface area (Å²) in [5, 5.41) is 3.28. The van der Waals surface area contributed by atoms with Gasteiger partial charge in [0.1, 0.15) is 5.82 Å². The molecule has 16 heavy (non-hydrogen) atoms. The maximum Gasteiger partial charge on any atom is 0.254 e. The summed E-state index contributed by atoms with van der Waals surface area (Å²) in [6, 6.07) is 4.75. The third-order valence-corrected chi connectivity index (χ3v) is 3.37. The van der Waals surface area contributed by atoms with Gasteiger partial charge in [-0.05, 0) is 24.1 Å². The Morgan fingerprint density at radius 2 is 2.31 bits per heavy atom. The highest BCUT2D eigenvalue weighted by atomic mass is 19.1. The van der Waals surface area contributed by atoms with Gasteiger partial charge in [-0.2, -0.15) is 0 Å². The van der Waals surface area contributed by atoms with E-state index in [2.05, 4.69) is 5.32 Å². The molecule has 1 aromatic rings. The Hall–Kier alpha value is -1.42. The number of halogens is 1. The smallest absolute Gasteiger partial charge is 0.254 e. The van der Waals surface area contributed by atoms with E-state index in [1.807, 2.05) is 4.90 Å². The van der Waals surface area contributed by atoms with Crippen molar-refractivity contribution in [3.63, 3.8) is 0 Å². The standard InChI is InChI=1S/C12H13FN2O/c13-9-2-1-8-5-10-7-14-3-4-15(10)12(16)11(8)6-9/h1-2,6,10,14H,3-5,7H2/t10-/m1/s1. The molecule has 2 aliphatic rings. The van der Waals surface area contributed by atoms with Gasteiger partial charge < -0.3 is 10.2 Å². The first-order chi connectivity index (χ1) is 7.75. The third-order valence-electron chi connectivity index (χ3n) is 3.37. The van der Waals surface area contributed by atoms with Crippen molar-refractivity contribution in [3.8, 4) is 0 Å². The maximum atomic E-state index is 13.1. The monoisotopic (exact) mass is 220 g/mol. The highest BCUT2D eigenvalue weighted by Crippen LogP contribution is 2.24. The van der Waals surface area contributed by atoms with Gasteiger partial charge in [0, 0.05) is 31.2 Å². The minimum Gasteiger partial charge on any atom is -0.333 e. The number of rotatable bonds is 0. The first kappa shape index (κ1) is 9.78. The second kappa shape index (κ2) is 3.56. The Kier molecular flexibility index (Phi) is 2.17. The van der Waals surface area contributed by atoms with Gasteiger partial charge in [0.2, 0.25) is 0 Å². The molecular formula is C12H13FN2O. The number of carbonyl (C=O) groups excluding carboxylic acids is 1. The van der Waals surface area contributed by atoms with E-state index in [1.54, 1.807) is 6.07 Å². The minimum atomic E-state index is -0.333. The molecule has 0 radical (unpaired) electrons. The number of piperazine rings is 1. The molecule has 0 unspecified atom stereocenters. The van der Waals surface area contributed by atoms with Crippen LogP contribution in [0.1, 0.15) is 15.9 Å². The highest BCUT2D eigenvalue weighted by Gasteiger charge is 2.33. The lowest BCUT2D eigenvalue weighted by atomic mass is 9.92. The maximum absolute atomic E-state index is 13.1. The number of amides is 1. The lowest BCUT2D eigenvalue weighted by molar-refractivity contribution is 0.0606. The van der Waals surface area contributed by atoms with Crippen LogP contribution in [0.25, 0.3) is 0 Å². The van der Waals surface area contributed by atoms with E-state index >= 15 is 0 Å². The molecule has 0 bridgehead atoms. The summed E-state index contributed by atoms with van der Waals surface area (Å²) < 4.78 is 13.1. The van der Waals surface area contributed by atoms with Crippen molar-refractivity contribution in [1.82, 2.24) is 10.2 Å². The van der Waals surface area contributed by atoms with Crippen molar-refractivity contribution >= 4 is 5.91 Å². The molecule has 3 rings (SSSR count). The van der Waals surface area contributed by atoms with E-state index in [0.29, 0.717) is 5.56 Å². The van der Waals surface area contributed by atoms with Crippen molar-refractivity contribution < 1.29 is 9.18 Å². The van der Waals surface area contributed by atoms with Crippen LogP contribution in [0.2, 0.25) is 0 Å². The van der Waals surface area contributed by atoms with Crippen molar-refractivity contribution in [2.45, 2.75) is 12.5 Å². The fourth-order valence-electron chi connectivity index (χ4n) is 2.55. The summed E-state index contributed by atoms with van der Waals surface area (Å²) >= 11 is 0. The zero-order valence-electron chi connectivity index (χ0n) is 8.87. The van der Waals surface area contributed by atoms with Crippen LogP contribution in [0, 0.1) is 5.82 Å². The summed E-state index contributed by atoms with van der Waals surface area (Å²) in [7, 11) is 0. The average molecular weight is 220 g/mol. The minimum absolute atomic E-state index is 0.0211. The quantitative estimate of drug-likeness (QED) is 0.701. The van der Waals surface area contributed by atoms with Gasteiger partial charge in [-0.15, -0.1) is 0 Å². The Morgan fingerprint density at radius 3 is 3.19 bits per heavy atom. The van der Waals surface area contributed by atoms with Gasteiger partial charge in [0.15, 0.2) is 0 Å². The predicted octanol–water partition coefficient (Wildman–Crippen LogP) is 0.796. The number of nitrogens with one attached hydrogen (secondary N) is 1. The molecule has 1 N–H and O–H groups in total. The van der Waals surface area contributed by atoms with Crippen LogP contribution >= 0.6 is 0 Å². The normalized spacial score (nSPS) is 23.9. The molecule has 2 heterocycles. The van der Waals surface area contributed by atoms with E-state index in [9.17, 15) is 9.18 Å². The summed E-state index contributed by atoms with van der Waals surface area (Å²) in [5.41, 5.74) is 1.51. The fraction of sp³-hybridized carbons (Fsp3) is 0.417. The molecule has 0 aliphatic carbocycles. The molecule has 84 valence electrons. The number of fused-ring (bicyclic) bond motifs is 2. The summed E-state index contributed by atoms with van der Waals surface area (Å²) in [6.45, 7) is 2.38. The molecule has 2 aliphatic heterocycles. The largest absolute Gasteiger partial charge is 0.333 e. The fourth-order valence-corrected chi connectivity index (χ4v) is 2.55. The molecule has 4 heteroatoms. The van der Waals surface area contributed by atoms with Crippen LogP contribution in [0.15, 0.2) is 18.2 Å². The van der Waals surface area contributed by atoms with Crippen LogP contribution in [0.3, 0.4) is 0 Å². The van der Waals surface area contributed by atoms with Gasteiger partial charge >= 0.3 is 0 Å². The highest BCUT2D eigenvalue weighted by molar-refractivity contribution is 5.97. The Morgan fingerprint density at radius 1 is 1.44 bits per heavy atom. The van der Waals surface area contributed by atoms with E-state index in [0.717, 1.165) is 31.6 Å². The molecule has 0 aromatic heterocycles. The summed E-state index contributed by atoms with van der Waals surface area (Å²) in [5.74, 6) is -0.354. The Labute approximate surface area is 93.2 Å². The molecular weight excluding hydrogens is 207 g/mol. The van der Waals surface area contributed by atoms with Crippen molar-refractivity contribution in [1.29, 1.82) is 0 Å². The summed E-state index contributed by atoms with van der Waals surface area (Å²) in [4.78, 5) is 14.0. The molecule has 1 amide bonds. The number of hydrogen-bond acceptors (Lipinski definition) is 2. The predicted molar refractivity (Wildman–Crippen MR) is 57.8 cm³/mol. The van der Waals surface area contributed by atoms with Crippen molar-refractivity contribution in [3.05, 3.63) is 35.1 Å². The SMILES string of the molecule is O=C1c2cc(F)ccc2C[C@@H]2CNCCN12. The molecule has 0 saturated carbocycles. The van der Waals surface area contributed by atoms with E-state index < -0.39 is 0 Å². The molecule has 1 fully saturated rings. The topological polar surface area (TPSA) is 32.3 Å². The molecule has 1 atom stereocenters. The van der Waals surface area contributed by atoms with Gasteiger partial charge in [-0.3, -0.25) is 4.79 Å². The van der Waals surface area contributed by atoms with Crippen LogP contribution in [0.4, 0.5) is 4.39 Å². The average Bonchev–Trinajstić information content (AvgIpc) is 2.31. The second-order valence-corrected chi connectivity index (χ2v) is 4.36. The lowest BCUT2D eigenvalue weighted by Gasteiger charge is -2.40. The van der Waals surface area contributed by atoms with Gasteiger partial charge in [0.05, 0.1) is 0 Å².